The number of rotatable bonds is 3. The monoisotopic (exact) mass is 206 g/mol. The molecule has 1 aliphatic heterocycles. The zero-order chi connectivity index (χ0) is 10.7. The molecule has 0 aliphatic carbocycles. The maximum absolute atomic E-state index is 5.83. The molecule has 2 N–H and O–H groups in total. The summed E-state index contributed by atoms with van der Waals surface area (Å²) < 4.78 is 0. The Morgan fingerprint density at radius 2 is 2.27 bits per heavy atom. The number of nitrogen functional groups attached to an aromatic ring is 1. The highest BCUT2D eigenvalue weighted by atomic mass is 15.1. The molecule has 0 radical (unpaired) electrons. The molecule has 0 amide bonds. The van der Waals surface area contributed by atoms with E-state index in [1.54, 1.807) is 12.4 Å². The third-order valence-electron chi connectivity index (χ3n) is 2.96. The quantitative estimate of drug-likeness (QED) is 0.809. The molecule has 1 aromatic heterocycles. The molecule has 1 fully saturated rings. The molecule has 0 bridgehead atoms. The van der Waals surface area contributed by atoms with E-state index < -0.39 is 0 Å². The van der Waals surface area contributed by atoms with Crippen molar-refractivity contribution in [2.75, 3.05) is 25.4 Å². The number of nitrogens with zero attached hydrogens (tertiary/aromatic N) is 3. The van der Waals surface area contributed by atoms with Gasteiger partial charge >= 0.3 is 0 Å². The number of aromatic nitrogens is 2. The highest BCUT2D eigenvalue weighted by Crippen LogP contribution is 2.27. The second kappa shape index (κ2) is 4.57. The van der Waals surface area contributed by atoms with E-state index in [2.05, 4.69) is 21.8 Å². The number of anilines is 1. The van der Waals surface area contributed by atoms with Gasteiger partial charge in [-0.25, -0.2) is 4.98 Å². The molecule has 1 atom stereocenters. The van der Waals surface area contributed by atoms with E-state index in [0.717, 1.165) is 25.2 Å². The van der Waals surface area contributed by atoms with Gasteiger partial charge < -0.3 is 10.6 Å². The fraction of sp³-hybridized carbons (Fsp3) is 0.636. The lowest BCUT2D eigenvalue weighted by Crippen LogP contribution is -2.21. The van der Waals surface area contributed by atoms with Crippen LogP contribution in [-0.4, -0.2) is 34.5 Å². The zero-order valence-electron chi connectivity index (χ0n) is 9.19. The van der Waals surface area contributed by atoms with Crippen LogP contribution in [0.2, 0.25) is 0 Å². The third kappa shape index (κ3) is 2.26. The van der Waals surface area contributed by atoms with Crippen molar-refractivity contribution >= 4 is 5.82 Å². The Hall–Kier alpha value is -1.16. The van der Waals surface area contributed by atoms with Gasteiger partial charge in [0.05, 0.1) is 5.69 Å². The van der Waals surface area contributed by atoms with Gasteiger partial charge in [0.1, 0.15) is 5.82 Å². The lowest BCUT2D eigenvalue weighted by molar-refractivity contribution is 0.334. The van der Waals surface area contributed by atoms with E-state index in [-0.39, 0.29) is 0 Å². The third-order valence-corrected chi connectivity index (χ3v) is 2.96. The van der Waals surface area contributed by atoms with Gasteiger partial charge in [0.25, 0.3) is 0 Å². The largest absolute Gasteiger partial charge is 0.382 e. The first-order valence-corrected chi connectivity index (χ1v) is 5.60. The Morgan fingerprint density at radius 3 is 3.00 bits per heavy atom. The normalized spacial score (nSPS) is 22.1. The van der Waals surface area contributed by atoms with E-state index in [0.29, 0.717) is 11.7 Å². The summed E-state index contributed by atoms with van der Waals surface area (Å²) in [7, 11) is 0. The Morgan fingerprint density at radius 1 is 1.47 bits per heavy atom. The molecule has 15 heavy (non-hydrogen) atoms. The fourth-order valence-corrected chi connectivity index (χ4v) is 2.25. The van der Waals surface area contributed by atoms with E-state index in [1.165, 1.54) is 13.0 Å². The highest BCUT2D eigenvalue weighted by Gasteiger charge is 2.25. The SMILES string of the molecule is CCCN1CC[C@H](c2nccnc2N)C1. The van der Waals surface area contributed by atoms with Crippen LogP contribution in [-0.2, 0) is 0 Å². The second-order valence-electron chi connectivity index (χ2n) is 4.11. The minimum absolute atomic E-state index is 0.477. The smallest absolute Gasteiger partial charge is 0.145 e. The van der Waals surface area contributed by atoms with Gasteiger partial charge in [-0.1, -0.05) is 6.92 Å². The molecular formula is C11H18N4. The van der Waals surface area contributed by atoms with Gasteiger partial charge in [-0.3, -0.25) is 4.98 Å². The second-order valence-corrected chi connectivity index (χ2v) is 4.11. The molecule has 0 saturated carbocycles. The zero-order valence-corrected chi connectivity index (χ0v) is 9.19. The van der Waals surface area contributed by atoms with Gasteiger partial charge in [0.15, 0.2) is 0 Å². The summed E-state index contributed by atoms with van der Waals surface area (Å²) >= 11 is 0. The Kier molecular flexibility index (Phi) is 3.16. The average Bonchev–Trinajstić information content (AvgIpc) is 2.68. The number of hydrogen-bond donors (Lipinski definition) is 1. The molecule has 1 saturated heterocycles. The maximum atomic E-state index is 5.83. The van der Waals surface area contributed by atoms with Crippen LogP contribution in [0.25, 0.3) is 0 Å². The standard InChI is InChI=1S/C11H18N4/c1-2-6-15-7-3-9(8-15)10-11(12)14-5-4-13-10/h4-5,9H,2-3,6-8H2,1H3,(H2,12,14)/t9-/m0/s1. The lowest BCUT2D eigenvalue weighted by atomic mass is 10.0. The van der Waals surface area contributed by atoms with Crippen LogP contribution in [0.5, 0.6) is 0 Å². The lowest BCUT2D eigenvalue weighted by Gasteiger charge is -2.14. The van der Waals surface area contributed by atoms with Crippen LogP contribution in [0.15, 0.2) is 12.4 Å². The molecule has 4 nitrogen and oxygen atoms in total. The maximum Gasteiger partial charge on any atom is 0.145 e. The number of likely N-dealkylation sites (tertiary alicyclic amines) is 1. The number of nitrogens with two attached hydrogens (primary N) is 1. The fourth-order valence-electron chi connectivity index (χ4n) is 2.25. The van der Waals surface area contributed by atoms with Crippen molar-refractivity contribution in [3.8, 4) is 0 Å². The molecule has 0 unspecified atom stereocenters. The van der Waals surface area contributed by atoms with Gasteiger partial charge in [-0.2, -0.15) is 0 Å². The van der Waals surface area contributed by atoms with Gasteiger partial charge in [-0.15, -0.1) is 0 Å². The summed E-state index contributed by atoms with van der Waals surface area (Å²) in [6.45, 7) is 5.63. The van der Waals surface area contributed by atoms with Crippen LogP contribution in [0.4, 0.5) is 5.82 Å². The van der Waals surface area contributed by atoms with Crippen molar-refractivity contribution in [2.24, 2.45) is 0 Å². The molecule has 0 spiro atoms. The van der Waals surface area contributed by atoms with Crippen molar-refractivity contribution in [3.63, 3.8) is 0 Å². The van der Waals surface area contributed by atoms with E-state index in [4.69, 9.17) is 5.73 Å². The summed E-state index contributed by atoms with van der Waals surface area (Å²) in [5.74, 6) is 1.08. The summed E-state index contributed by atoms with van der Waals surface area (Å²) in [6.07, 6.45) is 5.75. The van der Waals surface area contributed by atoms with Crippen LogP contribution in [0, 0.1) is 0 Å². The van der Waals surface area contributed by atoms with Crippen LogP contribution in [0.1, 0.15) is 31.4 Å². The molecule has 82 valence electrons. The predicted octanol–water partition coefficient (Wildman–Crippen LogP) is 1.26. The Labute approximate surface area is 90.5 Å². The highest BCUT2D eigenvalue weighted by molar-refractivity contribution is 5.36. The van der Waals surface area contributed by atoms with Crippen molar-refractivity contribution in [3.05, 3.63) is 18.1 Å². The summed E-state index contributed by atoms with van der Waals surface area (Å²) in [4.78, 5) is 10.9. The first-order chi connectivity index (χ1) is 7.31. The topological polar surface area (TPSA) is 55.0 Å². The van der Waals surface area contributed by atoms with Gasteiger partial charge in [0.2, 0.25) is 0 Å². The molecule has 0 aromatic carbocycles. The van der Waals surface area contributed by atoms with E-state index in [1.807, 2.05) is 0 Å². The van der Waals surface area contributed by atoms with Crippen LogP contribution >= 0.6 is 0 Å². The first-order valence-electron chi connectivity index (χ1n) is 5.60. The minimum Gasteiger partial charge on any atom is -0.382 e. The van der Waals surface area contributed by atoms with Crippen molar-refractivity contribution in [1.82, 2.24) is 14.9 Å². The molecular weight excluding hydrogens is 188 g/mol. The average molecular weight is 206 g/mol. The van der Waals surface area contributed by atoms with Gasteiger partial charge in [-0.05, 0) is 25.9 Å². The first kappa shape index (κ1) is 10.4. The van der Waals surface area contributed by atoms with Crippen LogP contribution in [0.3, 0.4) is 0 Å². The van der Waals surface area contributed by atoms with E-state index in [9.17, 15) is 0 Å². The molecule has 2 rings (SSSR count). The van der Waals surface area contributed by atoms with Crippen molar-refractivity contribution in [1.29, 1.82) is 0 Å². The molecule has 4 heteroatoms. The minimum atomic E-state index is 0.477. The van der Waals surface area contributed by atoms with Gasteiger partial charge in [0, 0.05) is 24.9 Å². The molecule has 1 aliphatic rings. The van der Waals surface area contributed by atoms with Crippen LogP contribution < -0.4 is 5.73 Å². The molecule has 1 aromatic rings. The summed E-state index contributed by atoms with van der Waals surface area (Å²) in [5.41, 5.74) is 6.81. The Balaban J connectivity index is 2.04. The predicted molar refractivity (Wildman–Crippen MR) is 60.5 cm³/mol. The number of hydrogen-bond acceptors (Lipinski definition) is 4. The van der Waals surface area contributed by atoms with Crippen molar-refractivity contribution < 1.29 is 0 Å². The van der Waals surface area contributed by atoms with E-state index >= 15 is 0 Å². The van der Waals surface area contributed by atoms with Crippen molar-refractivity contribution in [2.45, 2.75) is 25.7 Å². The summed E-state index contributed by atoms with van der Waals surface area (Å²) in [5, 5.41) is 0. The Bertz CT molecular complexity index is 326. The summed E-state index contributed by atoms with van der Waals surface area (Å²) in [6, 6.07) is 0. The molecule has 2 heterocycles.